The normalized spacial score (nSPS) is 16.9. The van der Waals surface area contributed by atoms with E-state index in [-0.39, 0.29) is 6.61 Å². The maximum Gasteiger partial charge on any atom is 0.147 e. The Labute approximate surface area is 59.0 Å². The fraction of sp³-hybridized carbons (Fsp3) is 0.286. The van der Waals surface area contributed by atoms with Crippen LogP contribution < -0.4 is 5.32 Å². The van der Waals surface area contributed by atoms with Gasteiger partial charge in [-0.2, -0.15) is 0 Å². The molecular formula is C7H9NO2. The van der Waals surface area contributed by atoms with E-state index in [1.54, 1.807) is 12.3 Å². The summed E-state index contributed by atoms with van der Waals surface area (Å²) in [5.41, 5.74) is 1.42. The number of carbonyl (C=O) groups is 1. The third-order valence-electron chi connectivity index (χ3n) is 1.30. The zero-order chi connectivity index (χ0) is 7.40. The Kier molecular flexibility index (Phi) is 2.23. The van der Waals surface area contributed by atoms with E-state index in [2.05, 4.69) is 5.32 Å². The quantitative estimate of drug-likeness (QED) is 0.511. The molecule has 0 saturated carbocycles. The second-order valence-electron chi connectivity index (χ2n) is 2.10. The Morgan fingerprint density at radius 2 is 2.60 bits per heavy atom. The van der Waals surface area contributed by atoms with Crippen LogP contribution in [0.15, 0.2) is 23.4 Å². The number of aldehydes is 1. The van der Waals surface area contributed by atoms with Crippen molar-refractivity contribution >= 4 is 6.29 Å². The molecule has 1 heterocycles. The number of rotatable bonds is 2. The molecule has 3 nitrogen and oxygen atoms in total. The summed E-state index contributed by atoms with van der Waals surface area (Å²) in [7, 11) is 0. The van der Waals surface area contributed by atoms with Gasteiger partial charge in [-0.05, 0) is 11.6 Å². The lowest BCUT2D eigenvalue weighted by molar-refractivity contribution is -0.104. The van der Waals surface area contributed by atoms with Gasteiger partial charge in [0.05, 0.1) is 6.61 Å². The van der Waals surface area contributed by atoms with Gasteiger partial charge in [0.15, 0.2) is 0 Å². The second-order valence-corrected chi connectivity index (χ2v) is 2.10. The van der Waals surface area contributed by atoms with Crippen molar-refractivity contribution in [2.24, 2.45) is 0 Å². The third kappa shape index (κ3) is 1.45. The molecule has 0 fully saturated rings. The molecule has 3 heteroatoms. The van der Waals surface area contributed by atoms with Crippen molar-refractivity contribution in [1.29, 1.82) is 0 Å². The second kappa shape index (κ2) is 3.17. The van der Waals surface area contributed by atoms with Crippen LogP contribution in [0.2, 0.25) is 0 Å². The molecule has 2 N–H and O–H groups in total. The van der Waals surface area contributed by atoms with Crippen molar-refractivity contribution in [2.75, 3.05) is 13.2 Å². The molecule has 0 aromatic rings. The van der Waals surface area contributed by atoms with Crippen molar-refractivity contribution in [1.82, 2.24) is 5.32 Å². The Morgan fingerprint density at radius 3 is 3.20 bits per heavy atom. The average Bonchev–Trinajstić information content (AvgIpc) is 2.05. The van der Waals surface area contributed by atoms with Crippen LogP contribution in [0, 0.1) is 0 Å². The maximum atomic E-state index is 10.2. The zero-order valence-corrected chi connectivity index (χ0v) is 5.50. The Balaban J connectivity index is 2.70. The van der Waals surface area contributed by atoms with E-state index in [4.69, 9.17) is 5.11 Å². The summed E-state index contributed by atoms with van der Waals surface area (Å²) >= 11 is 0. The van der Waals surface area contributed by atoms with Gasteiger partial charge in [-0.1, -0.05) is 0 Å². The van der Waals surface area contributed by atoms with Gasteiger partial charge in [0, 0.05) is 18.3 Å². The summed E-state index contributed by atoms with van der Waals surface area (Å²) in [5, 5.41) is 11.5. The van der Waals surface area contributed by atoms with Crippen molar-refractivity contribution in [2.45, 2.75) is 0 Å². The van der Waals surface area contributed by atoms with Gasteiger partial charge in [-0.15, -0.1) is 0 Å². The number of carbonyl (C=O) groups excluding carboxylic acids is 1. The summed E-state index contributed by atoms with van der Waals surface area (Å²) in [5.74, 6) is 0. The van der Waals surface area contributed by atoms with Crippen molar-refractivity contribution in [3.05, 3.63) is 23.4 Å². The van der Waals surface area contributed by atoms with Crippen LogP contribution in [0.4, 0.5) is 0 Å². The van der Waals surface area contributed by atoms with E-state index in [1.165, 1.54) is 0 Å². The van der Waals surface area contributed by atoms with E-state index in [0.29, 0.717) is 12.1 Å². The zero-order valence-electron chi connectivity index (χ0n) is 5.50. The van der Waals surface area contributed by atoms with Gasteiger partial charge in [-0.3, -0.25) is 4.79 Å². The van der Waals surface area contributed by atoms with Crippen molar-refractivity contribution in [3.63, 3.8) is 0 Å². The lowest BCUT2D eigenvalue weighted by Crippen LogP contribution is -2.16. The molecular weight excluding hydrogens is 130 g/mol. The van der Waals surface area contributed by atoms with Gasteiger partial charge < -0.3 is 10.4 Å². The molecule has 0 amide bonds. The molecule has 0 atom stereocenters. The fourth-order valence-electron chi connectivity index (χ4n) is 0.798. The molecule has 0 saturated heterocycles. The van der Waals surface area contributed by atoms with Crippen molar-refractivity contribution in [3.8, 4) is 0 Å². The lowest BCUT2D eigenvalue weighted by Gasteiger charge is -2.08. The highest BCUT2D eigenvalue weighted by Crippen LogP contribution is 2.02. The fourth-order valence-corrected chi connectivity index (χ4v) is 0.798. The number of nitrogens with one attached hydrogen (secondary N) is 1. The monoisotopic (exact) mass is 139 g/mol. The first-order valence-electron chi connectivity index (χ1n) is 3.06. The van der Waals surface area contributed by atoms with E-state index in [9.17, 15) is 4.79 Å². The highest BCUT2D eigenvalue weighted by molar-refractivity contribution is 5.75. The Hall–Kier alpha value is -1.09. The summed E-state index contributed by atoms with van der Waals surface area (Å²) < 4.78 is 0. The first-order valence-corrected chi connectivity index (χ1v) is 3.06. The smallest absolute Gasteiger partial charge is 0.147 e. The molecule has 0 spiro atoms. The topological polar surface area (TPSA) is 49.3 Å². The predicted molar refractivity (Wildman–Crippen MR) is 37.3 cm³/mol. The number of dihydropyridines is 1. The molecule has 1 rings (SSSR count). The number of hydrogen-bond acceptors (Lipinski definition) is 3. The number of hydrogen-bond donors (Lipinski definition) is 2. The van der Waals surface area contributed by atoms with Crippen LogP contribution in [-0.2, 0) is 4.79 Å². The molecule has 54 valence electrons. The minimum atomic E-state index is -0.0235. The van der Waals surface area contributed by atoms with Crippen LogP contribution in [0.5, 0.6) is 0 Å². The summed E-state index contributed by atoms with van der Waals surface area (Å²) in [6, 6.07) is 0. The third-order valence-corrected chi connectivity index (χ3v) is 1.30. The van der Waals surface area contributed by atoms with E-state index in [1.807, 2.05) is 0 Å². The molecule has 10 heavy (non-hydrogen) atoms. The average molecular weight is 139 g/mol. The van der Waals surface area contributed by atoms with Crippen LogP contribution in [-0.4, -0.2) is 24.5 Å². The van der Waals surface area contributed by atoms with Crippen molar-refractivity contribution < 1.29 is 9.90 Å². The summed E-state index contributed by atoms with van der Waals surface area (Å²) in [6.45, 7) is 0.539. The first-order chi connectivity index (χ1) is 4.86. The molecule has 1 aliphatic heterocycles. The van der Waals surface area contributed by atoms with Crippen LogP contribution >= 0.6 is 0 Å². The number of aliphatic hydroxyl groups excluding tert-OH is 1. The number of aliphatic hydroxyl groups is 1. The minimum Gasteiger partial charge on any atom is -0.392 e. The van der Waals surface area contributed by atoms with E-state index >= 15 is 0 Å². The van der Waals surface area contributed by atoms with Gasteiger partial charge in [0.1, 0.15) is 6.29 Å². The molecule has 0 aromatic carbocycles. The molecule has 1 aliphatic rings. The Bertz CT molecular complexity index is 194. The van der Waals surface area contributed by atoms with Gasteiger partial charge in [-0.25, -0.2) is 0 Å². The summed E-state index contributed by atoms with van der Waals surface area (Å²) in [6.07, 6.45) is 4.17. The van der Waals surface area contributed by atoms with Gasteiger partial charge in [0.2, 0.25) is 0 Å². The largest absolute Gasteiger partial charge is 0.392 e. The van der Waals surface area contributed by atoms with E-state index < -0.39 is 0 Å². The molecule has 0 unspecified atom stereocenters. The molecule has 0 aliphatic carbocycles. The first kappa shape index (κ1) is 7.02. The summed E-state index contributed by atoms with van der Waals surface area (Å²) in [4.78, 5) is 10.2. The van der Waals surface area contributed by atoms with E-state index in [0.717, 1.165) is 11.9 Å². The van der Waals surface area contributed by atoms with Gasteiger partial charge >= 0.3 is 0 Å². The van der Waals surface area contributed by atoms with Crippen LogP contribution in [0.25, 0.3) is 0 Å². The standard InChI is InChI=1S/C7H9NO2/c9-4-6-1-7(5-10)3-8-2-6/h1-2,5,8-9H,3-4H2. The molecule has 0 radical (unpaired) electrons. The van der Waals surface area contributed by atoms with Crippen LogP contribution in [0.3, 0.4) is 0 Å². The van der Waals surface area contributed by atoms with Gasteiger partial charge in [0.25, 0.3) is 0 Å². The molecule has 0 aromatic heterocycles. The highest BCUT2D eigenvalue weighted by Gasteiger charge is 2.01. The van der Waals surface area contributed by atoms with Crippen LogP contribution in [0.1, 0.15) is 0 Å². The minimum absolute atomic E-state index is 0.0235. The maximum absolute atomic E-state index is 10.2. The lowest BCUT2D eigenvalue weighted by atomic mass is 10.1. The predicted octanol–water partition coefficient (Wildman–Crippen LogP) is -0.409. The highest BCUT2D eigenvalue weighted by atomic mass is 16.3. The Morgan fingerprint density at radius 1 is 1.80 bits per heavy atom. The SMILES string of the molecule is O=CC1=CC(CO)=CNC1. The molecule has 0 bridgehead atoms.